The first-order valence-corrected chi connectivity index (χ1v) is 28.9. The van der Waals surface area contributed by atoms with E-state index in [1.165, 1.54) is 33.3 Å². The number of carbonyl (C=O) groups is 2. The Morgan fingerprint density at radius 2 is 0.829 bits per heavy atom. The monoisotopic (exact) mass is 1220 g/mol. The van der Waals surface area contributed by atoms with Crippen molar-refractivity contribution < 1.29 is 19.1 Å². The lowest BCUT2D eigenvalue weighted by Crippen LogP contribution is -2.28. The van der Waals surface area contributed by atoms with Crippen molar-refractivity contribution in [2.24, 2.45) is 25.9 Å². The van der Waals surface area contributed by atoms with Gasteiger partial charge in [0.1, 0.15) is 0 Å². The summed E-state index contributed by atoms with van der Waals surface area (Å²) in [6.07, 6.45) is 4.38. The number of esters is 2. The molecule has 0 radical (unpaired) electrons. The van der Waals surface area contributed by atoms with E-state index >= 15 is 0 Å². The molecule has 0 aliphatic carbocycles. The van der Waals surface area contributed by atoms with E-state index in [0.717, 1.165) is 64.0 Å². The van der Waals surface area contributed by atoms with Gasteiger partial charge >= 0.3 is 11.9 Å². The summed E-state index contributed by atoms with van der Waals surface area (Å²) in [7, 11) is 4.14. The summed E-state index contributed by atoms with van der Waals surface area (Å²) in [4.78, 5) is 27.6. The Balaban J connectivity index is 0.000000169. The van der Waals surface area contributed by atoms with E-state index in [2.05, 4.69) is 224 Å². The highest BCUT2D eigenvalue weighted by Crippen LogP contribution is 2.56. The van der Waals surface area contributed by atoms with Crippen LogP contribution in [0.2, 0.25) is 0 Å². The number of rotatable bonds is 8. The van der Waals surface area contributed by atoms with Crippen molar-refractivity contribution in [3.8, 4) is 0 Å². The molecule has 6 heterocycles. The number of benzene rings is 6. The number of fused-ring (bicyclic) bond motifs is 8. The third-order valence-corrected chi connectivity index (χ3v) is 16.0. The predicted octanol–water partition coefficient (Wildman–Crippen LogP) is 17.1. The first-order chi connectivity index (χ1) is 36.8. The summed E-state index contributed by atoms with van der Waals surface area (Å²) in [5.74, 6) is -1.25. The summed E-state index contributed by atoms with van der Waals surface area (Å²) in [5, 5.41) is 5.15. The molecule has 0 saturated heterocycles. The minimum Gasteiger partial charge on any atom is -0.466 e. The molecule has 0 amide bonds. The smallest absolute Gasteiger partial charge is 0.312 e. The largest absolute Gasteiger partial charge is 0.466 e. The number of carbonyl (C=O) groups excluding carboxylic acids is 2. The van der Waals surface area contributed by atoms with Crippen molar-refractivity contribution in [2.45, 2.75) is 51.6 Å². The molecule has 0 N–H and O–H groups in total. The van der Waals surface area contributed by atoms with Crippen LogP contribution in [0.4, 0.5) is 0 Å². The van der Waals surface area contributed by atoms with Gasteiger partial charge in [0.2, 0.25) is 0 Å². The van der Waals surface area contributed by atoms with Crippen molar-refractivity contribution in [2.75, 3.05) is 23.9 Å². The summed E-state index contributed by atoms with van der Waals surface area (Å²) in [6, 6.07) is 50.3. The number of alkyl halides is 4. The normalized spacial score (nSPS) is 18.3. The molecule has 392 valence electrons. The minimum absolute atomic E-state index is 0.102. The fourth-order valence-electron chi connectivity index (χ4n) is 12.3. The van der Waals surface area contributed by atoms with Crippen LogP contribution in [0.1, 0.15) is 82.5 Å². The average molecular weight is 1220 g/mol. The summed E-state index contributed by atoms with van der Waals surface area (Å²) in [6.45, 7) is 8.87. The van der Waals surface area contributed by atoms with Crippen molar-refractivity contribution in [1.29, 1.82) is 0 Å². The third-order valence-electron chi connectivity index (χ3n) is 15.0. The highest BCUT2D eigenvalue weighted by atomic mass is 79.9. The highest BCUT2D eigenvalue weighted by molar-refractivity contribution is 9.10. The number of ether oxygens (including phenoxy) is 2. The van der Waals surface area contributed by atoms with Crippen molar-refractivity contribution in [1.82, 2.24) is 18.3 Å². The van der Waals surface area contributed by atoms with Crippen LogP contribution in [-0.2, 0) is 33.2 Å². The zero-order valence-electron chi connectivity index (χ0n) is 43.0. The van der Waals surface area contributed by atoms with E-state index < -0.39 is 0 Å². The maximum absolute atomic E-state index is 13.8. The zero-order valence-corrected chi connectivity index (χ0v) is 49.2. The van der Waals surface area contributed by atoms with Crippen molar-refractivity contribution >= 4 is 134 Å². The summed E-state index contributed by atoms with van der Waals surface area (Å²) in [5.41, 5.74) is 14.0. The van der Waals surface area contributed by atoms with E-state index in [9.17, 15) is 9.59 Å². The van der Waals surface area contributed by atoms with Crippen LogP contribution >= 0.6 is 78.3 Å². The lowest BCUT2D eigenvalue weighted by Gasteiger charge is -2.25. The number of aryl methyl sites for hydroxylation is 4. The van der Waals surface area contributed by atoms with Gasteiger partial charge in [0.15, 0.2) is 0 Å². The second-order valence-corrected chi connectivity index (χ2v) is 22.4. The van der Waals surface area contributed by atoms with E-state index in [1.807, 2.05) is 26.0 Å². The molecule has 8 nitrogen and oxygen atoms in total. The Kier molecular flexibility index (Phi) is 17.5. The number of nitrogens with zero attached hydrogens (tertiary/aromatic N) is 4. The molecule has 10 aromatic rings. The molecule has 0 saturated carbocycles. The van der Waals surface area contributed by atoms with Crippen LogP contribution in [-0.4, -0.2) is 54.1 Å². The Morgan fingerprint density at radius 1 is 0.487 bits per heavy atom. The summed E-state index contributed by atoms with van der Waals surface area (Å²) < 4.78 is 22.7. The maximum Gasteiger partial charge on any atom is 0.312 e. The Hall–Kier alpha value is -5.46. The second kappa shape index (κ2) is 24.1. The molecular formula is C62H58Br2Cl4N4O4. The molecule has 0 unspecified atom stereocenters. The van der Waals surface area contributed by atoms with Gasteiger partial charge in [0.05, 0.1) is 47.8 Å². The molecule has 0 bridgehead atoms. The molecule has 6 atom stereocenters. The van der Waals surface area contributed by atoms with Gasteiger partial charge in [-0.3, -0.25) is 9.59 Å². The van der Waals surface area contributed by atoms with Gasteiger partial charge < -0.3 is 27.7 Å². The van der Waals surface area contributed by atoms with Gasteiger partial charge in [-0.1, -0.05) is 129 Å². The topological polar surface area (TPSA) is 72.3 Å². The first-order valence-electron chi connectivity index (χ1n) is 25.2. The highest BCUT2D eigenvalue weighted by Gasteiger charge is 2.51. The minimum atomic E-state index is -0.375. The Bertz CT molecular complexity index is 3460. The molecule has 2 aliphatic rings. The Labute approximate surface area is 480 Å². The van der Waals surface area contributed by atoms with Crippen molar-refractivity contribution in [3.05, 3.63) is 212 Å². The second-order valence-electron chi connectivity index (χ2n) is 18.9. The lowest BCUT2D eigenvalue weighted by molar-refractivity contribution is -0.149. The fourth-order valence-corrected chi connectivity index (χ4v) is 13.0. The zero-order chi connectivity index (χ0) is 53.9. The molecule has 0 spiro atoms. The maximum atomic E-state index is 13.8. The van der Waals surface area contributed by atoms with Gasteiger partial charge in [-0.25, -0.2) is 0 Å². The molecule has 6 aromatic carbocycles. The first kappa shape index (κ1) is 55.3. The van der Waals surface area contributed by atoms with Crippen LogP contribution in [0.3, 0.4) is 0 Å². The van der Waals surface area contributed by atoms with Gasteiger partial charge in [-0.2, -0.15) is 0 Å². The predicted molar refractivity (Wildman–Crippen MR) is 321 cm³/mol. The summed E-state index contributed by atoms with van der Waals surface area (Å²) >= 11 is 26.4. The average Bonchev–Trinajstić information content (AvgIpc) is 4.32. The van der Waals surface area contributed by atoms with Gasteiger partial charge in [-0.15, -0.1) is 46.4 Å². The molecule has 4 aromatic heterocycles. The molecule has 14 heteroatoms. The standard InChI is InChI=1S/2C30H27BrN2O2.2CH2Cl2/c2*1-4-35-30(34)27-26(19-10-6-5-7-11-19)28-18(2)21-12-8-9-13-25(21)33(28)29(27)23-17-32(3)24-15-14-20(31)16-22(23)24;2*2-1-3/h2*5-17,26-27,29H,4H2,1-3H3;2*1H2/t2*26-,27-,29+;;/m10../s1. The van der Waals surface area contributed by atoms with Gasteiger partial charge in [0, 0.05) is 113 Å². The van der Waals surface area contributed by atoms with Crippen LogP contribution in [0, 0.1) is 25.7 Å². The van der Waals surface area contributed by atoms with E-state index in [-0.39, 0.29) is 58.4 Å². The number of hydrogen-bond donors (Lipinski definition) is 0. The number of para-hydroxylation sites is 2. The van der Waals surface area contributed by atoms with Gasteiger partial charge in [-0.05, 0) is 98.5 Å². The molecule has 0 fully saturated rings. The van der Waals surface area contributed by atoms with Gasteiger partial charge in [0.25, 0.3) is 0 Å². The van der Waals surface area contributed by atoms with E-state index in [0.29, 0.717) is 13.2 Å². The van der Waals surface area contributed by atoms with Crippen LogP contribution < -0.4 is 0 Å². The SMILES string of the molecule is CCOC(=O)[C@@H]1[C@@H](c2ccccc2)c2c(C)c3ccccc3n2[C@H]1c1cn(C)c2ccc(Br)cc12.CCOC(=O)[C@H]1[C@H](c2ccccc2)c2c(C)c3ccccc3n2[C@@H]1c1cn(C)c2ccc(Br)cc12.ClCCl.ClCCl. The number of aromatic nitrogens is 4. The van der Waals surface area contributed by atoms with E-state index in [4.69, 9.17) is 55.9 Å². The molecular weight excluding hydrogens is 1170 g/mol. The molecule has 12 rings (SSSR count). The molecule has 2 aliphatic heterocycles. The molecule has 76 heavy (non-hydrogen) atoms. The third kappa shape index (κ3) is 10.0. The lowest BCUT2D eigenvalue weighted by atomic mass is 9.79. The van der Waals surface area contributed by atoms with Crippen molar-refractivity contribution in [3.63, 3.8) is 0 Å². The van der Waals surface area contributed by atoms with Crippen LogP contribution in [0.5, 0.6) is 0 Å². The quantitative estimate of drug-likeness (QED) is 0.112. The van der Waals surface area contributed by atoms with Crippen LogP contribution in [0.15, 0.2) is 167 Å². The van der Waals surface area contributed by atoms with E-state index in [1.54, 1.807) is 0 Å². The Morgan fingerprint density at radius 3 is 1.18 bits per heavy atom. The fraction of sp³-hybridized carbons (Fsp3) is 0.258. The number of halogens is 6. The number of hydrogen-bond acceptors (Lipinski definition) is 4. The van der Waals surface area contributed by atoms with Crippen LogP contribution in [0.25, 0.3) is 43.6 Å².